The van der Waals surface area contributed by atoms with Crippen LogP contribution in [0.4, 0.5) is 0 Å². The molecule has 0 amide bonds. The molecule has 4 nitrogen and oxygen atoms in total. The van der Waals surface area contributed by atoms with Crippen molar-refractivity contribution in [1.82, 2.24) is 5.32 Å². The summed E-state index contributed by atoms with van der Waals surface area (Å²) in [6, 6.07) is 9.03. The Bertz CT molecular complexity index is 501. The molecular weight excluding hydrogens is 266 g/mol. The van der Waals surface area contributed by atoms with E-state index in [4.69, 9.17) is 9.47 Å². The molecule has 3 fully saturated rings. The molecule has 0 spiro atoms. The predicted molar refractivity (Wildman–Crippen MR) is 78.8 cm³/mol. The number of nitrogens with one attached hydrogen (secondary N) is 1. The molecule has 3 aliphatic heterocycles. The van der Waals surface area contributed by atoms with Crippen molar-refractivity contribution in [2.24, 2.45) is 0 Å². The van der Waals surface area contributed by atoms with Gasteiger partial charge in [0.15, 0.2) is 6.29 Å². The maximum Gasteiger partial charge on any atom is 0.184 e. The quantitative estimate of drug-likeness (QED) is 0.876. The van der Waals surface area contributed by atoms with Gasteiger partial charge in [0, 0.05) is 17.6 Å². The first-order valence-electron chi connectivity index (χ1n) is 8.05. The van der Waals surface area contributed by atoms with Crippen molar-refractivity contribution in [2.75, 3.05) is 13.2 Å². The minimum Gasteiger partial charge on any atom is -0.385 e. The largest absolute Gasteiger partial charge is 0.385 e. The van der Waals surface area contributed by atoms with Crippen LogP contribution in [0.3, 0.4) is 0 Å². The van der Waals surface area contributed by atoms with Crippen molar-refractivity contribution in [1.29, 1.82) is 0 Å². The van der Waals surface area contributed by atoms with Crippen LogP contribution in [0.1, 0.15) is 49.5 Å². The lowest BCUT2D eigenvalue weighted by Gasteiger charge is -2.45. The van der Waals surface area contributed by atoms with E-state index in [1.165, 1.54) is 19.3 Å². The fraction of sp³-hybridized carbons (Fsp3) is 0.647. The van der Waals surface area contributed by atoms with Gasteiger partial charge in [0.05, 0.1) is 18.8 Å². The Hall–Kier alpha value is -0.940. The molecular formula is C17H23NO3. The van der Waals surface area contributed by atoms with Gasteiger partial charge in [-0.2, -0.15) is 0 Å². The summed E-state index contributed by atoms with van der Waals surface area (Å²) in [5, 5.41) is 14.8. The Labute approximate surface area is 125 Å². The molecule has 114 valence electrons. The summed E-state index contributed by atoms with van der Waals surface area (Å²) in [4.78, 5) is 0. The van der Waals surface area contributed by atoms with Gasteiger partial charge in [-0.1, -0.05) is 24.6 Å². The first-order chi connectivity index (χ1) is 10.2. The number of piperidine rings is 2. The maximum atomic E-state index is 11.2. The number of aliphatic hydroxyl groups is 1. The van der Waals surface area contributed by atoms with Crippen molar-refractivity contribution in [2.45, 2.75) is 56.1 Å². The van der Waals surface area contributed by atoms with Crippen LogP contribution >= 0.6 is 0 Å². The predicted octanol–water partition coefficient (Wildman–Crippen LogP) is 2.22. The first-order valence-corrected chi connectivity index (χ1v) is 8.05. The van der Waals surface area contributed by atoms with Crippen molar-refractivity contribution >= 4 is 0 Å². The molecule has 1 aromatic carbocycles. The lowest BCUT2D eigenvalue weighted by atomic mass is 9.74. The van der Waals surface area contributed by atoms with E-state index in [1.54, 1.807) is 0 Å². The van der Waals surface area contributed by atoms with Gasteiger partial charge in [-0.3, -0.25) is 0 Å². The van der Waals surface area contributed by atoms with Crippen LogP contribution in [0.5, 0.6) is 0 Å². The Morgan fingerprint density at radius 1 is 1.10 bits per heavy atom. The highest BCUT2D eigenvalue weighted by Crippen LogP contribution is 2.40. The topological polar surface area (TPSA) is 50.7 Å². The smallest absolute Gasteiger partial charge is 0.184 e. The number of hydrogen-bond acceptors (Lipinski definition) is 4. The van der Waals surface area contributed by atoms with Gasteiger partial charge < -0.3 is 19.9 Å². The molecule has 2 unspecified atom stereocenters. The fourth-order valence-electron chi connectivity index (χ4n) is 4.09. The molecule has 0 aromatic heterocycles. The van der Waals surface area contributed by atoms with E-state index in [2.05, 4.69) is 11.4 Å². The highest BCUT2D eigenvalue weighted by atomic mass is 16.7. The van der Waals surface area contributed by atoms with Crippen LogP contribution in [0, 0.1) is 0 Å². The second kappa shape index (κ2) is 5.36. The number of ether oxygens (including phenoxy) is 2. The number of rotatable bonds is 2. The third-order valence-corrected chi connectivity index (χ3v) is 5.06. The zero-order valence-electron chi connectivity index (χ0n) is 12.3. The molecule has 3 aliphatic rings. The van der Waals surface area contributed by atoms with Crippen molar-refractivity contribution in [3.8, 4) is 0 Å². The highest BCUT2D eigenvalue weighted by Gasteiger charge is 2.41. The van der Waals surface area contributed by atoms with Crippen molar-refractivity contribution < 1.29 is 14.6 Å². The third kappa shape index (κ3) is 2.61. The lowest BCUT2D eigenvalue weighted by molar-refractivity contribution is -0.0465. The van der Waals surface area contributed by atoms with Crippen LogP contribution < -0.4 is 5.32 Å². The summed E-state index contributed by atoms with van der Waals surface area (Å²) in [5.41, 5.74) is 1.31. The fourth-order valence-corrected chi connectivity index (χ4v) is 4.09. The molecule has 3 saturated heterocycles. The second-order valence-electron chi connectivity index (χ2n) is 6.63. The molecule has 2 N–H and O–H groups in total. The molecule has 1 aromatic rings. The van der Waals surface area contributed by atoms with Gasteiger partial charge in [-0.15, -0.1) is 0 Å². The lowest BCUT2D eigenvalue weighted by Crippen LogP contribution is -2.54. The Kier molecular flexibility index (Phi) is 3.50. The standard InChI is InChI=1S/C17H23NO3/c19-17(10-14-5-2-6-15(11-17)18-14)13-4-1-3-12(9-13)16-20-7-8-21-16/h1,3-4,9,14-16,18-19H,2,5-8,10-11H2. The molecule has 4 rings (SSSR count). The van der Waals surface area contributed by atoms with Crippen LogP contribution in [0.15, 0.2) is 24.3 Å². The average Bonchev–Trinajstić information content (AvgIpc) is 3.01. The monoisotopic (exact) mass is 289 g/mol. The van der Waals surface area contributed by atoms with E-state index in [0.717, 1.165) is 24.0 Å². The Balaban J connectivity index is 1.61. The molecule has 0 saturated carbocycles. The van der Waals surface area contributed by atoms with E-state index >= 15 is 0 Å². The Morgan fingerprint density at radius 2 is 1.81 bits per heavy atom. The third-order valence-electron chi connectivity index (χ3n) is 5.06. The van der Waals surface area contributed by atoms with Gasteiger partial charge in [-0.05, 0) is 37.3 Å². The molecule has 21 heavy (non-hydrogen) atoms. The minimum atomic E-state index is -0.713. The highest BCUT2D eigenvalue weighted by molar-refractivity contribution is 5.30. The zero-order chi connectivity index (χ0) is 14.3. The summed E-state index contributed by atoms with van der Waals surface area (Å²) in [5.74, 6) is 0. The number of hydrogen-bond donors (Lipinski definition) is 2. The first kappa shape index (κ1) is 13.7. The van der Waals surface area contributed by atoms with Crippen LogP contribution in [0.2, 0.25) is 0 Å². The molecule has 2 atom stereocenters. The van der Waals surface area contributed by atoms with E-state index in [1.807, 2.05) is 18.2 Å². The summed E-state index contributed by atoms with van der Waals surface area (Å²) in [7, 11) is 0. The molecule has 0 radical (unpaired) electrons. The molecule has 3 heterocycles. The summed E-state index contributed by atoms with van der Waals surface area (Å²) in [6.07, 6.45) is 4.97. The van der Waals surface area contributed by atoms with E-state index in [-0.39, 0.29) is 6.29 Å². The number of fused-ring (bicyclic) bond motifs is 2. The van der Waals surface area contributed by atoms with E-state index < -0.39 is 5.60 Å². The van der Waals surface area contributed by atoms with Crippen molar-refractivity contribution in [3.05, 3.63) is 35.4 Å². The van der Waals surface area contributed by atoms with Crippen LogP contribution in [-0.4, -0.2) is 30.4 Å². The van der Waals surface area contributed by atoms with E-state index in [0.29, 0.717) is 25.3 Å². The number of benzene rings is 1. The van der Waals surface area contributed by atoms with E-state index in [9.17, 15) is 5.11 Å². The summed E-state index contributed by atoms with van der Waals surface area (Å²) < 4.78 is 11.1. The second-order valence-corrected chi connectivity index (χ2v) is 6.63. The van der Waals surface area contributed by atoms with Gasteiger partial charge in [-0.25, -0.2) is 0 Å². The molecule has 4 heteroatoms. The maximum absolute atomic E-state index is 11.2. The minimum absolute atomic E-state index is 0.269. The normalized spacial score (nSPS) is 36.8. The summed E-state index contributed by atoms with van der Waals surface area (Å²) >= 11 is 0. The molecule has 2 bridgehead atoms. The van der Waals surface area contributed by atoms with Gasteiger partial charge >= 0.3 is 0 Å². The summed E-state index contributed by atoms with van der Waals surface area (Å²) in [6.45, 7) is 1.29. The van der Waals surface area contributed by atoms with Crippen molar-refractivity contribution in [3.63, 3.8) is 0 Å². The zero-order valence-corrected chi connectivity index (χ0v) is 12.3. The van der Waals surface area contributed by atoms with Gasteiger partial charge in [0.25, 0.3) is 0 Å². The van der Waals surface area contributed by atoms with Crippen LogP contribution in [0.25, 0.3) is 0 Å². The van der Waals surface area contributed by atoms with Crippen LogP contribution in [-0.2, 0) is 15.1 Å². The van der Waals surface area contributed by atoms with Gasteiger partial charge in [0.2, 0.25) is 0 Å². The SMILES string of the molecule is OC1(c2cccc(C3OCCO3)c2)CC2CCCC(C1)N2. The average molecular weight is 289 g/mol. The molecule has 0 aliphatic carbocycles. The van der Waals surface area contributed by atoms with Gasteiger partial charge in [0.1, 0.15) is 0 Å². The Morgan fingerprint density at radius 3 is 2.52 bits per heavy atom.